The first kappa shape index (κ1) is 23.2. The number of rotatable bonds is 5. The molecule has 5 aromatic rings. The molecule has 0 spiro atoms. The molecular weight excluding hydrogens is 450 g/mol. The van der Waals surface area contributed by atoms with Crippen molar-refractivity contribution in [3.63, 3.8) is 0 Å². The highest BCUT2D eigenvalue weighted by Crippen LogP contribution is 2.29. The van der Waals surface area contributed by atoms with Gasteiger partial charge in [-0.1, -0.05) is 51.1 Å². The Morgan fingerprint density at radius 1 is 0.972 bits per heavy atom. The lowest BCUT2D eigenvalue weighted by atomic mass is 9.94. The minimum Gasteiger partial charge on any atom is -0.455 e. The average Bonchev–Trinajstić information content (AvgIpc) is 3.37. The van der Waals surface area contributed by atoms with Crippen LogP contribution in [0.2, 0.25) is 0 Å². The fourth-order valence-electron chi connectivity index (χ4n) is 3.90. The van der Waals surface area contributed by atoms with Crippen LogP contribution >= 0.6 is 0 Å². The number of carbonyl (C=O) groups excluding carboxylic acids is 1. The van der Waals surface area contributed by atoms with E-state index >= 15 is 0 Å². The molecule has 0 atom stereocenters. The second-order valence-corrected chi connectivity index (χ2v) is 9.70. The first-order valence-corrected chi connectivity index (χ1v) is 11.7. The summed E-state index contributed by atoms with van der Waals surface area (Å²) < 4.78 is 5.76. The molecule has 0 aliphatic heterocycles. The molecule has 5 rings (SSSR count). The van der Waals surface area contributed by atoms with E-state index < -0.39 is 0 Å². The molecular formula is C29H27N5O2. The second-order valence-electron chi connectivity index (χ2n) is 9.70. The van der Waals surface area contributed by atoms with Crippen LogP contribution in [0.15, 0.2) is 83.7 Å². The third-order valence-electron chi connectivity index (χ3n) is 5.91. The van der Waals surface area contributed by atoms with Crippen LogP contribution in [0, 0.1) is 6.92 Å². The molecule has 0 saturated carbocycles. The first-order chi connectivity index (χ1) is 17.3. The van der Waals surface area contributed by atoms with E-state index in [1.165, 1.54) is 0 Å². The Bertz CT molecular complexity index is 1560. The maximum atomic E-state index is 12.8. The molecule has 3 heterocycles. The highest BCUT2D eigenvalue weighted by Gasteiger charge is 2.20. The van der Waals surface area contributed by atoms with E-state index in [2.05, 4.69) is 26.7 Å². The van der Waals surface area contributed by atoms with Crippen molar-refractivity contribution in [1.29, 1.82) is 0 Å². The van der Waals surface area contributed by atoms with E-state index in [0.717, 1.165) is 39.0 Å². The fraction of sp³-hybridized carbons (Fsp3) is 0.172. The van der Waals surface area contributed by atoms with Gasteiger partial charge in [-0.3, -0.25) is 9.78 Å². The van der Waals surface area contributed by atoms with Crippen molar-refractivity contribution in [2.24, 2.45) is 0 Å². The Morgan fingerprint density at radius 3 is 2.61 bits per heavy atom. The van der Waals surface area contributed by atoms with Gasteiger partial charge < -0.3 is 15.1 Å². The Labute approximate surface area is 209 Å². The van der Waals surface area contributed by atoms with E-state index in [0.29, 0.717) is 11.6 Å². The molecule has 0 unspecified atom stereocenters. The smallest absolute Gasteiger partial charge is 0.291 e. The maximum Gasteiger partial charge on any atom is 0.291 e. The summed E-state index contributed by atoms with van der Waals surface area (Å²) in [6.45, 7) is 8.10. The lowest BCUT2D eigenvalue weighted by Gasteiger charge is -2.14. The van der Waals surface area contributed by atoms with Gasteiger partial charge in [0.2, 0.25) is 5.95 Å². The van der Waals surface area contributed by atoms with Crippen molar-refractivity contribution in [2.45, 2.75) is 33.1 Å². The summed E-state index contributed by atoms with van der Waals surface area (Å²) in [4.78, 5) is 26.3. The molecule has 7 nitrogen and oxygen atoms in total. The minimum atomic E-state index is -0.304. The van der Waals surface area contributed by atoms with Crippen molar-refractivity contribution in [2.75, 3.05) is 10.6 Å². The molecule has 3 aromatic heterocycles. The van der Waals surface area contributed by atoms with Crippen LogP contribution in [-0.2, 0) is 5.41 Å². The number of hydrogen-bond acceptors (Lipinski definition) is 6. The Morgan fingerprint density at radius 2 is 1.81 bits per heavy atom. The van der Waals surface area contributed by atoms with Gasteiger partial charge in [-0.2, -0.15) is 0 Å². The standard InChI is InChI=1S/C29H27N5O2/c1-18-9-10-20(32-27(35)25-11-12-26(36-25)29(2,3)4)15-24(18)34-28-31-14-13-23(33-28)22-17-30-16-19-7-5-6-8-21(19)22/h5-17H,1-4H3,(H,32,35)(H,31,33,34). The number of nitrogens with zero attached hydrogens (tertiary/aromatic N) is 3. The zero-order chi connectivity index (χ0) is 25.3. The highest BCUT2D eigenvalue weighted by atomic mass is 16.4. The number of amides is 1. The third-order valence-corrected chi connectivity index (χ3v) is 5.91. The van der Waals surface area contributed by atoms with Crippen molar-refractivity contribution >= 4 is 34.0 Å². The van der Waals surface area contributed by atoms with Crippen molar-refractivity contribution in [3.8, 4) is 11.3 Å². The molecule has 2 N–H and O–H groups in total. The van der Waals surface area contributed by atoms with Crippen LogP contribution in [0.1, 0.15) is 42.6 Å². The highest BCUT2D eigenvalue weighted by molar-refractivity contribution is 6.02. The van der Waals surface area contributed by atoms with Gasteiger partial charge in [0.15, 0.2) is 5.76 Å². The first-order valence-electron chi connectivity index (χ1n) is 11.7. The molecule has 7 heteroatoms. The summed E-state index contributed by atoms with van der Waals surface area (Å²) in [6, 6.07) is 19.1. The SMILES string of the molecule is Cc1ccc(NC(=O)c2ccc(C(C)(C)C)o2)cc1Nc1nccc(-c2cncc3ccccc23)n1. The van der Waals surface area contributed by atoms with Gasteiger partial charge in [-0.25, -0.2) is 9.97 Å². The fourth-order valence-corrected chi connectivity index (χ4v) is 3.90. The van der Waals surface area contributed by atoms with Gasteiger partial charge in [-0.15, -0.1) is 0 Å². The van der Waals surface area contributed by atoms with Gasteiger partial charge >= 0.3 is 0 Å². The van der Waals surface area contributed by atoms with Gasteiger partial charge in [0.1, 0.15) is 5.76 Å². The summed E-state index contributed by atoms with van der Waals surface area (Å²) in [5.41, 5.74) is 3.94. The van der Waals surface area contributed by atoms with Crippen LogP contribution in [0.4, 0.5) is 17.3 Å². The van der Waals surface area contributed by atoms with E-state index in [1.807, 2.05) is 88.6 Å². The number of anilines is 3. The summed E-state index contributed by atoms with van der Waals surface area (Å²) in [5, 5.41) is 8.33. The normalized spacial score (nSPS) is 11.4. The van der Waals surface area contributed by atoms with Gasteiger partial charge in [0, 0.05) is 46.3 Å². The maximum absolute atomic E-state index is 12.8. The van der Waals surface area contributed by atoms with E-state index in [9.17, 15) is 4.79 Å². The van der Waals surface area contributed by atoms with E-state index in [4.69, 9.17) is 9.40 Å². The monoisotopic (exact) mass is 477 g/mol. The van der Waals surface area contributed by atoms with Crippen LogP contribution in [0.25, 0.3) is 22.0 Å². The summed E-state index contributed by atoms with van der Waals surface area (Å²) in [6.07, 6.45) is 5.38. The lowest BCUT2D eigenvalue weighted by Crippen LogP contribution is -2.12. The average molecular weight is 478 g/mol. The van der Waals surface area contributed by atoms with Crippen LogP contribution in [0.3, 0.4) is 0 Å². The number of fused-ring (bicyclic) bond motifs is 1. The van der Waals surface area contributed by atoms with Crippen LogP contribution in [0.5, 0.6) is 0 Å². The largest absolute Gasteiger partial charge is 0.455 e. The summed E-state index contributed by atoms with van der Waals surface area (Å²) in [5.74, 6) is 1.18. The van der Waals surface area contributed by atoms with Crippen molar-refractivity contribution < 1.29 is 9.21 Å². The quantitative estimate of drug-likeness (QED) is 0.286. The van der Waals surface area contributed by atoms with Crippen LogP contribution in [-0.4, -0.2) is 20.9 Å². The second kappa shape index (κ2) is 9.26. The molecule has 0 aliphatic carbocycles. The topological polar surface area (TPSA) is 92.9 Å². The molecule has 0 saturated heterocycles. The molecule has 0 aliphatic rings. The predicted octanol–water partition coefficient (Wildman–Crippen LogP) is 6.89. The molecule has 1 amide bonds. The molecule has 0 fully saturated rings. The zero-order valence-electron chi connectivity index (χ0n) is 20.7. The summed E-state index contributed by atoms with van der Waals surface area (Å²) >= 11 is 0. The number of carbonyl (C=O) groups is 1. The number of benzene rings is 2. The van der Waals surface area contributed by atoms with Crippen LogP contribution < -0.4 is 10.6 Å². The molecule has 0 radical (unpaired) electrons. The Balaban J connectivity index is 1.38. The molecule has 36 heavy (non-hydrogen) atoms. The van der Waals surface area contributed by atoms with Crippen molar-refractivity contribution in [3.05, 3.63) is 96.3 Å². The predicted molar refractivity (Wildman–Crippen MR) is 143 cm³/mol. The zero-order valence-corrected chi connectivity index (χ0v) is 20.7. The number of hydrogen-bond donors (Lipinski definition) is 2. The molecule has 0 bridgehead atoms. The number of aromatic nitrogens is 3. The third kappa shape index (κ3) is 4.81. The Hall–Kier alpha value is -4.52. The molecule has 2 aromatic carbocycles. The number of nitrogens with one attached hydrogen (secondary N) is 2. The van der Waals surface area contributed by atoms with E-state index in [-0.39, 0.29) is 17.1 Å². The number of furan rings is 1. The minimum absolute atomic E-state index is 0.171. The molecule has 180 valence electrons. The van der Waals surface area contributed by atoms with Gasteiger partial charge in [-0.05, 0) is 48.2 Å². The van der Waals surface area contributed by atoms with Gasteiger partial charge in [0.05, 0.1) is 5.69 Å². The Kier molecular flexibility index (Phi) is 5.98. The van der Waals surface area contributed by atoms with Crippen molar-refractivity contribution in [1.82, 2.24) is 15.0 Å². The lowest BCUT2D eigenvalue weighted by molar-refractivity contribution is 0.0993. The van der Waals surface area contributed by atoms with E-state index in [1.54, 1.807) is 12.3 Å². The summed E-state index contributed by atoms with van der Waals surface area (Å²) in [7, 11) is 0. The van der Waals surface area contributed by atoms with Gasteiger partial charge in [0.25, 0.3) is 5.91 Å². The number of pyridine rings is 1. The number of aryl methyl sites for hydroxylation is 1.